The van der Waals surface area contributed by atoms with Gasteiger partial charge in [0.1, 0.15) is 0 Å². The summed E-state index contributed by atoms with van der Waals surface area (Å²) >= 11 is 0. The zero-order chi connectivity index (χ0) is 17.2. The van der Waals surface area contributed by atoms with Gasteiger partial charge in [-0.1, -0.05) is 0 Å². The molecule has 1 fully saturated rings. The molecule has 1 saturated heterocycles. The molecule has 1 amide bonds. The highest BCUT2D eigenvalue weighted by molar-refractivity contribution is 5.95. The van der Waals surface area contributed by atoms with E-state index in [1.54, 1.807) is 43.3 Å². The summed E-state index contributed by atoms with van der Waals surface area (Å²) < 4.78 is 1.61. The average molecular weight is 330 g/mol. The standard InChI is InChI=1S/C16H22N6O2/c1-12-13(9-21(2)20-12)14(23)19-10-16(24)5-3-8-22(11-16)15-17-6-4-7-18-15/h4,6-7,9,24H,3,5,8,10-11H2,1-2H3,(H,19,23)/t16-/m0/s1. The van der Waals surface area contributed by atoms with Crippen LogP contribution in [0.25, 0.3) is 0 Å². The fraction of sp³-hybridized carbons (Fsp3) is 0.500. The van der Waals surface area contributed by atoms with E-state index in [1.807, 2.05) is 4.90 Å². The normalized spacial score (nSPS) is 20.9. The number of hydrogen-bond acceptors (Lipinski definition) is 6. The lowest BCUT2D eigenvalue weighted by molar-refractivity contribution is 0.0252. The van der Waals surface area contributed by atoms with E-state index in [0.29, 0.717) is 30.2 Å². The first-order chi connectivity index (χ1) is 11.5. The number of nitrogens with zero attached hydrogens (tertiary/aromatic N) is 5. The van der Waals surface area contributed by atoms with Gasteiger partial charge >= 0.3 is 0 Å². The molecule has 0 saturated carbocycles. The van der Waals surface area contributed by atoms with Gasteiger partial charge in [-0.2, -0.15) is 5.10 Å². The second-order valence-electron chi connectivity index (χ2n) is 6.28. The Balaban J connectivity index is 1.63. The third-order valence-corrected chi connectivity index (χ3v) is 4.23. The summed E-state index contributed by atoms with van der Waals surface area (Å²) in [6, 6.07) is 1.76. The van der Waals surface area contributed by atoms with Gasteiger partial charge in [0.2, 0.25) is 5.95 Å². The number of β-amino-alcohol motifs (C(OH)–C–C–N with tert-alkyl or cyclic N) is 1. The smallest absolute Gasteiger partial charge is 0.254 e. The van der Waals surface area contributed by atoms with Gasteiger partial charge in [-0.15, -0.1) is 0 Å². The number of aryl methyl sites for hydroxylation is 2. The average Bonchev–Trinajstić information content (AvgIpc) is 2.92. The van der Waals surface area contributed by atoms with Gasteiger partial charge in [0.05, 0.1) is 23.4 Å². The Morgan fingerprint density at radius 3 is 2.83 bits per heavy atom. The number of anilines is 1. The first-order valence-corrected chi connectivity index (χ1v) is 8.00. The number of carbonyl (C=O) groups excluding carboxylic acids is 1. The lowest BCUT2D eigenvalue weighted by atomic mass is 9.93. The van der Waals surface area contributed by atoms with Gasteiger partial charge in [0.15, 0.2) is 0 Å². The summed E-state index contributed by atoms with van der Waals surface area (Å²) in [6.07, 6.45) is 6.49. The molecule has 2 N–H and O–H groups in total. The van der Waals surface area contributed by atoms with Crippen LogP contribution in [-0.2, 0) is 7.05 Å². The Hall–Kier alpha value is -2.48. The van der Waals surface area contributed by atoms with Gasteiger partial charge in [0.25, 0.3) is 5.91 Å². The number of rotatable bonds is 4. The van der Waals surface area contributed by atoms with E-state index in [-0.39, 0.29) is 12.5 Å². The Labute approximate surface area is 140 Å². The predicted molar refractivity (Wildman–Crippen MR) is 88.7 cm³/mol. The van der Waals surface area contributed by atoms with Crippen molar-refractivity contribution in [3.8, 4) is 0 Å². The minimum absolute atomic E-state index is 0.184. The topological polar surface area (TPSA) is 96.2 Å². The van der Waals surface area contributed by atoms with Crippen LogP contribution in [0.1, 0.15) is 28.9 Å². The minimum atomic E-state index is -0.997. The number of piperidine rings is 1. The van der Waals surface area contributed by atoms with E-state index < -0.39 is 5.60 Å². The van der Waals surface area contributed by atoms with Crippen molar-refractivity contribution in [3.05, 3.63) is 35.9 Å². The summed E-state index contributed by atoms with van der Waals surface area (Å²) in [7, 11) is 1.77. The highest BCUT2D eigenvalue weighted by Crippen LogP contribution is 2.23. The van der Waals surface area contributed by atoms with Crippen molar-refractivity contribution in [1.82, 2.24) is 25.1 Å². The van der Waals surface area contributed by atoms with E-state index in [2.05, 4.69) is 20.4 Å². The molecule has 1 aliphatic heterocycles. The molecule has 1 atom stereocenters. The Morgan fingerprint density at radius 1 is 1.42 bits per heavy atom. The maximum Gasteiger partial charge on any atom is 0.254 e. The molecule has 0 aliphatic carbocycles. The van der Waals surface area contributed by atoms with Gasteiger partial charge in [-0.3, -0.25) is 9.48 Å². The number of carbonyl (C=O) groups is 1. The molecule has 3 heterocycles. The molecule has 8 nitrogen and oxygen atoms in total. The van der Waals surface area contributed by atoms with Crippen LogP contribution in [0.2, 0.25) is 0 Å². The molecule has 0 bridgehead atoms. The van der Waals surface area contributed by atoms with Crippen LogP contribution in [0, 0.1) is 6.92 Å². The van der Waals surface area contributed by atoms with Crippen LogP contribution in [-0.4, -0.2) is 56.0 Å². The number of hydrogen-bond donors (Lipinski definition) is 2. The number of aliphatic hydroxyl groups is 1. The maximum absolute atomic E-state index is 12.3. The van der Waals surface area contributed by atoms with Gasteiger partial charge in [-0.05, 0) is 25.8 Å². The van der Waals surface area contributed by atoms with Crippen molar-refractivity contribution in [2.75, 3.05) is 24.5 Å². The quantitative estimate of drug-likeness (QED) is 0.836. The molecule has 2 aromatic rings. The molecule has 24 heavy (non-hydrogen) atoms. The Bertz CT molecular complexity index is 717. The summed E-state index contributed by atoms with van der Waals surface area (Å²) in [5.41, 5.74) is 0.202. The molecule has 0 spiro atoms. The molecule has 2 aromatic heterocycles. The molecule has 128 valence electrons. The third kappa shape index (κ3) is 3.53. The van der Waals surface area contributed by atoms with Gasteiger partial charge in [0, 0.05) is 38.7 Å². The summed E-state index contributed by atoms with van der Waals surface area (Å²) in [5.74, 6) is 0.382. The monoisotopic (exact) mass is 330 g/mol. The molecular weight excluding hydrogens is 308 g/mol. The maximum atomic E-state index is 12.3. The zero-order valence-corrected chi connectivity index (χ0v) is 13.9. The van der Waals surface area contributed by atoms with E-state index in [4.69, 9.17) is 0 Å². The van der Waals surface area contributed by atoms with Gasteiger partial charge < -0.3 is 15.3 Å². The fourth-order valence-electron chi connectivity index (χ4n) is 3.04. The lowest BCUT2D eigenvalue weighted by Crippen LogP contribution is -2.54. The van der Waals surface area contributed by atoms with E-state index in [1.165, 1.54) is 0 Å². The first kappa shape index (κ1) is 16.4. The van der Waals surface area contributed by atoms with Crippen LogP contribution in [0.15, 0.2) is 24.7 Å². The molecular formula is C16H22N6O2. The number of amides is 1. The molecule has 8 heteroatoms. The van der Waals surface area contributed by atoms with Crippen molar-refractivity contribution in [2.45, 2.75) is 25.4 Å². The molecule has 1 aliphatic rings. The van der Waals surface area contributed by atoms with Crippen LogP contribution in [0.4, 0.5) is 5.95 Å². The largest absolute Gasteiger partial charge is 0.386 e. The summed E-state index contributed by atoms with van der Waals surface area (Å²) in [6.45, 7) is 3.16. The third-order valence-electron chi connectivity index (χ3n) is 4.23. The SMILES string of the molecule is Cc1nn(C)cc1C(=O)NC[C@@]1(O)CCCN(c2ncccn2)C1. The fourth-order valence-corrected chi connectivity index (χ4v) is 3.04. The molecule has 0 aromatic carbocycles. The predicted octanol–water partition coefficient (Wildman–Crippen LogP) is 0.280. The Morgan fingerprint density at radius 2 is 2.17 bits per heavy atom. The van der Waals surface area contributed by atoms with E-state index >= 15 is 0 Å². The van der Waals surface area contributed by atoms with Crippen molar-refractivity contribution in [2.24, 2.45) is 7.05 Å². The second kappa shape index (κ2) is 6.56. The van der Waals surface area contributed by atoms with E-state index in [9.17, 15) is 9.90 Å². The van der Waals surface area contributed by atoms with E-state index in [0.717, 1.165) is 13.0 Å². The minimum Gasteiger partial charge on any atom is -0.386 e. The van der Waals surface area contributed by atoms with Crippen LogP contribution in [0.3, 0.4) is 0 Å². The summed E-state index contributed by atoms with van der Waals surface area (Å²) in [5, 5.41) is 17.8. The summed E-state index contributed by atoms with van der Waals surface area (Å²) in [4.78, 5) is 22.7. The van der Waals surface area contributed by atoms with Crippen molar-refractivity contribution >= 4 is 11.9 Å². The van der Waals surface area contributed by atoms with Crippen molar-refractivity contribution < 1.29 is 9.90 Å². The van der Waals surface area contributed by atoms with Crippen molar-refractivity contribution in [1.29, 1.82) is 0 Å². The first-order valence-electron chi connectivity index (χ1n) is 8.00. The zero-order valence-electron chi connectivity index (χ0n) is 13.9. The highest BCUT2D eigenvalue weighted by Gasteiger charge is 2.34. The number of nitrogens with one attached hydrogen (secondary N) is 1. The van der Waals surface area contributed by atoms with Crippen LogP contribution >= 0.6 is 0 Å². The lowest BCUT2D eigenvalue weighted by Gasteiger charge is -2.39. The molecule has 0 radical (unpaired) electrons. The number of aromatic nitrogens is 4. The van der Waals surface area contributed by atoms with Gasteiger partial charge in [-0.25, -0.2) is 9.97 Å². The Kier molecular flexibility index (Phi) is 4.48. The van der Waals surface area contributed by atoms with Crippen LogP contribution < -0.4 is 10.2 Å². The molecule has 0 unspecified atom stereocenters. The van der Waals surface area contributed by atoms with Crippen molar-refractivity contribution in [3.63, 3.8) is 0 Å². The highest BCUT2D eigenvalue weighted by atomic mass is 16.3. The molecule has 3 rings (SSSR count). The second-order valence-corrected chi connectivity index (χ2v) is 6.28. The van der Waals surface area contributed by atoms with Crippen LogP contribution in [0.5, 0.6) is 0 Å².